The van der Waals surface area contributed by atoms with Gasteiger partial charge in [0.15, 0.2) is 0 Å². The molecule has 0 saturated heterocycles. The summed E-state index contributed by atoms with van der Waals surface area (Å²) in [5.41, 5.74) is 3.67. The normalized spacial score (nSPS) is 10.3. The van der Waals surface area contributed by atoms with Crippen molar-refractivity contribution in [1.29, 1.82) is 0 Å². The van der Waals surface area contributed by atoms with Gasteiger partial charge in [0.2, 0.25) is 0 Å². The van der Waals surface area contributed by atoms with Crippen LogP contribution in [-0.4, -0.2) is 38.0 Å². The predicted molar refractivity (Wildman–Crippen MR) is 124 cm³/mol. The van der Waals surface area contributed by atoms with Gasteiger partial charge < -0.3 is 15.4 Å². The lowest BCUT2D eigenvalue weighted by atomic mass is 10.0. The summed E-state index contributed by atoms with van der Waals surface area (Å²) in [6, 6.07) is 23.8. The molecule has 0 heterocycles. The first-order chi connectivity index (χ1) is 15.6. The number of rotatable bonds is 9. The van der Waals surface area contributed by atoms with Crippen molar-refractivity contribution in [3.8, 4) is 11.1 Å². The Balaban J connectivity index is 1.35. The maximum Gasteiger partial charge on any atom is 0.337 e. The highest BCUT2D eigenvalue weighted by molar-refractivity contribution is 5.96. The first kappa shape index (κ1) is 22.7. The Morgan fingerprint density at radius 1 is 0.625 bits per heavy atom. The third-order valence-electron chi connectivity index (χ3n) is 5.00. The topological polar surface area (TPSA) is 84.5 Å². The molecular formula is C26H26N2O4. The number of nitrogens with one attached hydrogen (secondary N) is 2. The van der Waals surface area contributed by atoms with Gasteiger partial charge in [0.05, 0.1) is 12.7 Å². The van der Waals surface area contributed by atoms with Gasteiger partial charge in [0.1, 0.15) is 0 Å². The Morgan fingerprint density at radius 3 is 1.56 bits per heavy atom. The number of amides is 2. The van der Waals surface area contributed by atoms with Crippen LogP contribution in [0.5, 0.6) is 0 Å². The molecule has 2 amide bonds. The van der Waals surface area contributed by atoms with Gasteiger partial charge in [-0.25, -0.2) is 4.79 Å². The third kappa shape index (κ3) is 6.28. The van der Waals surface area contributed by atoms with Crippen molar-refractivity contribution in [2.75, 3.05) is 20.2 Å². The number of esters is 1. The molecule has 164 valence electrons. The highest BCUT2D eigenvalue weighted by Gasteiger charge is 2.09. The molecule has 0 aliphatic rings. The van der Waals surface area contributed by atoms with Crippen LogP contribution in [0.2, 0.25) is 0 Å². The lowest BCUT2D eigenvalue weighted by Gasteiger charge is -2.08. The largest absolute Gasteiger partial charge is 0.465 e. The quantitative estimate of drug-likeness (QED) is 0.396. The summed E-state index contributed by atoms with van der Waals surface area (Å²) in [7, 11) is 1.31. The number of benzene rings is 3. The minimum absolute atomic E-state index is 0.112. The van der Waals surface area contributed by atoms with Gasteiger partial charge in [-0.2, -0.15) is 0 Å². The van der Waals surface area contributed by atoms with Crippen molar-refractivity contribution >= 4 is 17.8 Å². The van der Waals surface area contributed by atoms with Crippen LogP contribution in [0.1, 0.15) is 43.9 Å². The molecule has 3 aromatic rings. The van der Waals surface area contributed by atoms with E-state index in [-0.39, 0.29) is 11.8 Å². The second kappa shape index (κ2) is 11.5. The fourth-order valence-corrected chi connectivity index (χ4v) is 3.18. The van der Waals surface area contributed by atoms with Crippen LogP contribution in [0.4, 0.5) is 0 Å². The van der Waals surface area contributed by atoms with Gasteiger partial charge in [-0.05, 0) is 60.4 Å². The Kier molecular flexibility index (Phi) is 8.15. The second-order valence-corrected chi connectivity index (χ2v) is 7.23. The third-order valence-corrected chi connectivity index (χ3v) is 5.00. The van der Waals surface area contributed by atoms with E-state index in [1.54, 1.807) is 24.3 Å². The number of hydrogen-bond acceptors (Lipinski definition) is 4. The van der Waals surface area contributed by atoms with Gasteiger partial charge in [-0.1, -0.05) is 42.5 Å². The molecule has 0 bridgehead atoms. The smallest absolute Gasteiger partial charge is 0.337 e. The molecule has 32 heavy (non-hydrogen) atoms. The van der Waals surface area contributed by atoms with Crippen molar-refractivity contribution in [1.82, 2.24) is 10.6 Å². The second-order valence-electron chi connectivity index (χ2n) is 7.23. The minimum atomic E-state index is -0.439. The number of unbranched alkanes of at least 4 members (excludes halogenated alkanes) is 1. The average molecular weight is 431 g/mol. The van der Waals surface area contributed by atoms with Gasteiger partial charge >= 0.3 is 5.97 Å². The van der Waals surface area contributed by atoms with Crippen molar-refractivity contribution in [2.24, 2.45) is 0 Å². The molecule has 2 N–H and O–H groups in total. The molecule has 0 aliphatic carbocycles. The fourth-order valence-electron chi connectivity index (χ4n) is 3.18. The van der Waals surface area contributed by atoms with Crippen LogP contribution < -0.4 is 10.6 Å². The SMILES string of the molecule is COC(=O)c1ccc(C(=O)NCCCCNC(=O)c2ccc(-c3ccccc3)cc2)cc1. The molecule has 0 spiro atoms. The van der Waals surface area contributed by atoms with E-state index in [4.69, 9.17) is 0 Å². The van der Waals surface area contributed by atoms with Crippen LogP contribution in [-0.2, 0) is 4.74 Å². The van der Waals surface area contributed by atoms with E-state index < -0.39 is 5.97 Å². The summed E-state index contributed by atoms with van der Waals surface area (Å²) in [6.45, 7) is 1.03. The number of carbonyl (C=O) groups excluding carboxylic acids is 3. The van der Waals surface area contributed by atoms with Crippen LogP contribution in [0.15, 0.2) is 78.9 Å². The van der Waals surface area contributed by atoms with Crippen LogP contribution in [0, 0.1) is 0 Å². The zero-order chi connectivity index (χ0) is 22.8. The lowest BCUT2D eigenvalue weighted by molar-refractivity contribution is 0.0600. The molecule has 0 fully saturated rings. The highest BCUT2D eigenvalue weighted by Crippen LogP contribution is 2.19. The molecular weight excluding hydrogens is 404 g/mol. The van der Waals surface area contributed by atoms with Crippen LogP contribution in [0.3, 0.4) is 0 Å². The van der Waals surface area contributed by atoms with Gasteiger partial charge in [0.25, 0.3) is 11.8 Å². The maximum atomic E-state index is 12.3. The molecule has 0 radical (unpaired) electrons. The first-order valence-electron chi connectivity index (χ1n) is 10.5. The monoisotopic (exact) mass is 430 g/mol. The Morgan fingerprint density at radius 2 is 1.06 bits per heavy atom. The zero-order valence-corrected chi connectivity index (χ0v) is 18.0. The van der Waals surface area contributed by atoms with E-state index in [1.807, 2.05) is 54.6 Å². The van der Waals surface area contributed by atoms with Crippen molar-refractivity contribution in [3.05, 3.63) is 95.6 Å². The average Bonchev–Trinajstić information content (AvgIpc) is 2.86. The van der Waals surface area contributed by atoms with E-state index in [0.29, 0.717) is 29.8 Å². The number of ether oxygens (including phenoxy) is 1. The minimum Gasteiger partial charge on any atom is -0.465 e. The van der Waals surface area contributed by atoms with Crippen LogP contribution in [0.25, 0.3) is 11.1 Å². The molecule has 0 unspecified atom stereocenters. The van der Waals surface area contributed by atoms with Crippen LogP contribution >= 0.6 is 0 Å². The van der Waals surface area contributed by atoms with Gasteiger partial charge in [-0.15, -0.1) is 0 Å². The summed E-state index contributed by atoms with van der Waals surface area (Å²) >= 11 is 0. The summed E-state index contributed by atoms with van der Waals surface area (Å²) in [5.74, 6) is -0.755. The predicted octanol–water partition coefficient (Wildman–Crippen LogP) is 4.08. The first-order valence-corrected chi connectivity index (χ1v) is 10.5. The molecule has 3 aromatic carbocycles. The van der Waals surface area contributed by atoms with E-state index in [0.717, 1.165) is 24.0 Å². The molecule has 6 nitrogen and oxygen atoms in total. The number of carbonyl (C=O) groups is 3. The fraction of sp³-hybridized carbons (Fsp3) is 0.192. The van der Waals surface area contributed by atoms with Gasteiger partial charge in [-0.3, -0.25) is 9.59 Å². The lowest BCUT2D eigenvalue weighted by Crippen LogP contribution is -2.27. The van der Waals surface area contributed by atoms with Crippen molar-refractivity contribution < 1.29 is 19.1 Å². The number of hydrogen-bond donors (Lipinski definition) is 2. The van der Waals surface area contributed by atoms with E-state index in [1.165, 1.54) is 7.11 Å². The van der Waals surface area contributed by atoms with Crippen molar-refractivity contribution in [2.45, 2.75) is 12.8 Å². The van der Waals surface area contributed by atoms with E-state index in [2.05, 4.69) is 15.4 Å². The molecule has 0 atom stereocenters. The zero-order valence-electron chi connectivity index (χ0n) is 18.0. The Bertz CT molecular complexity index is 1050. The summed E-state index contributed by atoms with van der Waals surface area (Å²) < 4.78 is 4.64. The maximum absolute atomic E-state index is 12.3. The summed E-state index contributed by atoms with van der Waals surface area (Å²) in [5, 5.41) is 5.74. The van der Waals surface area contributed by atoms with Gasteiger partial charge in [0, 0.05) is 24.2 Å². The summed E-state index contributed by atoms with van der Waals surface area (Å²) in [4.78, 5) is 35.9. The number of methoxy groups -OCH3 is 1. The molecule has 0 aliphatic heterocycles. The van der Waals surface area contributed by atoms with Crippen molar-refractivity contribution in [3.63, 3.8) is 0 Å². The standard InChI is InChI=1S/C26H26N2O4/c1-32-26(31)23-15-13-22(14-16-23)25(30)28-18-6-5-17-27-24(29)21-11-9-20(10-12-21)19-7-3-2-4-8-19/h2-4,7-16H,5-6,17-18H2,1H3,(H,27,29)(H,28,30). The molecule has 3 rings (SSSR count). The Labute approximate surface area is 187 Å². The summed E-state index contributed by atoms with van der Waals surface area (Å²) in [6.07, 6.45) is 1.48. The van der Waals surface area contributed by atoms with E-state index >= 15 is 0 Å². The van der Waals surface area contributed by atoms with E-state index in [9.17, 15) is 14.4 Å². The highest BCUT2D eigenvalue weighted by atomic mass is 16.5. The molecule has 6 heteroatoms. The molecule has 0 saturated carbocycles. The molecule has 0 aromatic heterocycles. The Hall–Kier alpha value is -3.93.